The fourth-order valence-corrected chi connectivity index (χ4v) is 3.85. The highest BCUT2D eigenvalue weighted by Crippen LogP contribution is 2.68. The lowest BCUT2D eigenvalue weighted by Gasteiger charge is -2.19. The molecule has 1 aromatic rings. The number of allylic oxidation sites excluding steroid dienone is 2. The second-order valence-electron chi connectivity index (χ2n) is 6.85. The van der Waals surface area contributed by atoms with Crippen LogP contribution in [0.3, 0.4) is 0 Å². The molecule has 106 valence electrons. The number of carbonyl (C=O) groups excluding carboxylic acids is 1. The molecule has 0 aromatic heterocycles. The van der Waals surface area contributed by atoms with Crippen LogP contribution in [-0.4, -0.2) is 5.78 Å². The third-order valence-corrected chi connectivity index (χ3v) is 5.20. The van der Waals surface area contributed by atoms with E-state index >= 15 is 0 Å². The molecule has 0 aliphatic heterocycles. The van der Waals surface area contributed by atoms with Gasteiger partial charge in [0.2, 0.25) is 0 Å². The van der Waals surface area contributed by atoms with E-state index in [0.717, 1.165) is 17.7 Å². The summed E-state index contributed by atoms with van der Waals surface area (Å²) in [7, 11) is 0. The van der Waals surface area contributed by atoms with Gasteiger partial charge in [-0.15, -0.1) is 0 Å². The van der Waals surface area contributed by atoms with Crippen LogP contribution >= 0.6 is 0 Å². The molecule has 2 fully saturated rings. The van der Waals surface area contributed by atoms with Crippen LogP contribution in [0.4, 0.5) is 0 Å². The smallest absolute Gasteiger partial charge is 0.161 e. The highest BCUT2D eigenvalue weighted by atomic mass is 16.1. The molecule has 3 rings (SSSR count). The number of hydrogen-bond acceptors (Lipinski definition) is 2. The highest BCUT2D eigenvalue weighted by Gasteiger charge is 2.65. The molecule has 2 aliphatic carbocycles. The molecule has 2 heteroatoms. The van der Waals surface area contributed by atoms with E-state index in [0.29, 0.717) is 23.0 Å². The first-order chi connectivity index (χ1) is 9.43. The SMILES string of the molecule is CC(NC(C)c1ccccc1)=C1C(=O)CC2C1C2(C)C. The Kier molecular flexibility index (Phi) is 3.00. The van der Waals surface area contributed by atoms with Crippen molar-refractivity contribution in [3.05, 3.63) is 47.2 Å². The Morgan fingerprint density at radius 2 is 1.95 bits per heavy atom. The molecule has 2 aliphatic rings. The lowest BCUT2D eigenvalue weighted by molar-refractivity contribution is -0.115. The second-order valence-corrected chi connectivity index (χ2v) is 6.85. The molecule has 0 amide bonds. The molecule has 2 nitrogen and oxygen atoms in total. The maximum Gasteiger partial charge on any atom is 0.161 e. The molecule has 20 heavy (non-hydrogen) atoms. The number of rotatable bonds is 3. The van der Waals surface area contributed by atoms with E-state index in [4.69, 9.17) is 0 Å². The summed E-state index contributed by atoms with van der Waals surface area (Å²) >= 11 is 0. The number of fused-ring (bicyclic) bond motifs is 1. The minimum Gasteiger partial charge on any atom is -0.382 e. The van der Waals surface area contributed by atoms with Gasteiger partial charge in [-0.2, -0.15) is 0 Å². The molecular formula is C18H23NO. The summed E-state index contributed by atoms with van der Waals surface area (Å²) in [6.45, 7) is 8.77. The molecule has 3 unspecified atom stereocenters. The molecule has 1 N–H and O–H groups in total. The van der Waals surface area contributed by atoms with Crippen molar-refractivity contribution in [3.8, 4) is 0 Å². The molecule has 0 bridgehead atoms. The van der Waals surface area contributed by atoms with E-state index in [1.807, 2.05) is 6.07 Å². The molecule has 2 saturated carbocycles. The van der Waals surface area contributed by atoms with Gasteiger partial charge in [0.1, 0.15) is 0 Å². The minimum absolute atomic E-state index is 0.234. The number of Topliss-reactive ketones (excluding diaryl/α,β-unsaturated/α-hetero) is 1. The van der Waals surface area contributed by atoms with Crippen molar-refractivity contribution in [2.45, 2.75) is 40.2 Å². The lowest BCUT2D eigenvalue weighted by atomic mass is 9.95. The van der Waals surface area contributed by atoms with Crippen molar-refractivity contribution in [2.24, 2.45) is 17.3 Å². The molecule has 3 atom stereocenters. The van der Waals surface area contributed by atoms with Crippen LogP contribution in [0.1, 0.15) is 45.7 Å². The van der Waals surface area contributed by atoms with Crippen molar-refractivity contribution >= 4 is 5.78 Å². The normalized spacial score (nSPS) is 30.7. The zero-order valence-corrected chi connectivity index (χ0v) is 12.7. The molecule has 0 radical (unpaired) electrons. The Balaban J connectivity index is 1.80. The molecule has 1 aromatic carbocycles. The van der Waals surface area contributed by atoms with Crippen LogP contribution < -0.4 is 5.32 Å². The summed E-state index contributed by atoms with van der Waals surface area (Å²) in [5.74, 6) is 1.41. The van der Waals surface area contributed by atoms with Gasteiger partial charge in [0.15, 0.2) is 5.78 Å². The predicted molar refractivity (Wildman–Crippen MR) is 81.1 cm³/mol. The van der Waals surface area contributed by atoms with E-state index in [-0.39, 0.29) is 6.04 Å². The monoisotopic (exact) mass is 269 g/mol. The maximum absolute atomic E-state index is 12.2. The van der Waals surface area contributed by atoms with Gasteiger partial charge in [0.25, 0.3) is 0 Å². The number of hydrogen-bond donors (Lipinski definition) is 1. The number of ketones is 1. The third-order valence-electron chi connectivity index (χ3n) is 5.20. The van der Waals surface area contributed by atoms with Crippen molar-refractivity contribution in [2.75, 3.05) is 0 Å². The van der Waals surface area contributed by atoms with E-state index in [1.165, 1.54) is 5.56 Å². The van der Waals surface area contributed by atoms with Gasteiger partial charge in [-0.05, 0) is 36.7 Å². The van der Waals surface area contributed by atoms with E-state index in [1.54, 1.807) is 0 Å². The van der Waals surface area contributed by atoms with Crippen LogP contribution in [0.5, 0.6) is 0 Å². The van der Waals surface area contributed by atoms with E-state index in [9.17, 15) is 4.79 Å². The standard InChI is InChI=1S/C18H23NO/c1-11(13-8-6-5-7-9-13)19-12(2)16-15(20)10-14-17(16)18(14,3)4/h5-9,11,14,17,19H,10H2,1-4H3. The Morgan fingerprint density at radius 1 is 1.30 bits per heavy atom. The zero-order chi connectivity index (χ0) is 14.5. The minimum atomic E-state index is 0.234. The number of nitrogens with one attached hydrogen (secondary N) is 1. The fraction of sp³-hybridized carbons (Fsp3) is 0.500. The summed E-state index contributed by atoms with van der Waals surface area (Å²) in [6.07, 6.45) is 0.742. The van der Waals surface area contributed by atoms with Gasteiger partial charge in [-0.1, -0.05) is 44.2 Å². The van der Waals surface area contributed by atoms with Gasteiger partial charge >= 0.3 is 0 Å². The van der Waals surface area contributed by atoms with E-state index < -0.39 is 0 Å². The predicted octanol–water partition coefficient (Wildman–Crippen LogP) is 3.86. The average molecular weight is 269 g/mol. The summed E-state index contributed by atoms with van der Waals surface area (Å²) in [5.41, 5.74) is 3.71. The second kappa shape index (κ2) is 4.47. The van der Waals surface area contributed by atoms with Crippen LogP contribution in [0.25, 0.3) is 0 Å². The van der Waals surface area contributed by atoms with Crippen molar-refractivity contribution in [1.82, 2.24) is 5.32 Å². The summed E-state index contributed by atoms with van der Waals surface area (Å²) in [4.78, 5) is 12.2. The van der Waals surface area contributed by atoms with Gasteiger partial charge in [-0.25, -0.2) is 0 Å². The first kappa shape index (κ1) is 13.4. The Labute approximate surface area is 121 Å². The van der Waals surface area contributed by atoms with Crippen LogP contribution in [-0.2, 0) is 4.79 Å². The van der Waals surface area contributed by atoms with Gasteiger partial charge in [0.05, 0.1) is 0 Å². The topological polar surface area (TPSA) is 29.1 Å². The first-order valence-corrected chi connectivity index (χ1v) is 7.48. The summed E-state index contributed by atoms with van der Waals surface area (Å²) in [6, 6.07) is 10.6. The van der Waals surface area contributed by atoms with Crippen molar-refractivity contribution in [1.29, 1.82) is 0 Å². The van der Waals surface area contributed by atoms with Gasteiger partial charge < -0.3 is 5.32 Å². The van der Waals surface area contributed by atoms with E-state index in [2.05, 4.69) is 57.3 Å². The zero-order valence-electron chi connectivity index (χ0n) is 12.7. The van der Waals surface area contributed by atoms with Crippen molar-refractivity contribution in [3.63, 3.8) is 0 Å². The quantitative estimate of drug-likeness (QED) is 0.844. The fourth-order valence-electron chi connectivity index (χ4n) is 3.85. The largest absolute Gasteiger partial charge is 0.382 e. The summed E-state index contributed by atoms with van der Waals surface area (Å²) in [5, 5.41) is 3.52. The third kappa shape index (κ3) is 1.98. The van der Waals surface area contributed by atoms with Crippen LogP contribution in [0.15, 0.2) is 41.6 Å². The summed E-state index contributed by atoms with van der Waals surface area (Å²) < 4.78 is 0. The number of carbonyl (C=O) groups is 1. The molecule has 0 saturated heterocycles. The van der Waals surface area contributed by atoms with Crippen LogP contribution in [0, 0.1) is 17.3 Å². The van der Waals surface area contributed by atoms with Gasteiger partial charge in [-0.3, -0.25) is 4.79 Å². The Bertz CT molecular complexity index is 570. The van der Waals surface area contributed by atoms with Gasteiger partial charge in [0, 0.05) is 23.7 Å². The maximum atomic E-state index is 12.2. The molecular weight excluding hydrogens is 246 g/mol. The Morgan fingerprint density at radius 3 is 2.55 bits per heavy atom. The number of benzene rings is 1. The van der Waals surface area contributed by atoms with Crippen LogP contribution in [0.2, 0.25) is 0 Å². The first-order valence-electron chi connectivity index (χ1n) is 7.48. The Hall–Kier alpha value is -1.57. The lowest BCUT2D eigenvalue weighted by Crippen LogP contribution is -2.21. The van der Waals surface area contributed by atoms with Crippen molar-refractivity contribution < 1.29 is 4.79 Å². The molecule has 0 spiro atoms. The average Bonchev–Trinajstić information content (AvgIpc) is 2.78. The highest BCUT2D eigenvalue weighted by molar-refractivity contribution is 6.01. The molecule has 0 heterocycles.